The van der Waals surface area contributed by atoms with E-state index in [0.29, 0.717) is 6.54 Å². The molecule has 21 heavy (non-hydrogen) atoms. The van der Waals surface area contributed by atoms with Gasteiger partial charge in [0.15, 0.2) is 0 Å². The Hall–Kier alpha value is -2.13. The van der Waals surface area contributed by atoms with Crippen molar-refractivity contribution in [2.24, 2.45) is 0 Å². The summed E-state index contributed by atoms with van der Waals surface area (Å²) < 4.78 is 3.98. The molecule has 0 atom stereocenters. The van der Waals surface area contributed by atoms with Gasteiger partial charge >= 0.3 is 0 Å². The maximum absolute atomic E-state index is 6.18. The fourth-order valence-electron chi connectivity index (χ4n) is 2.31. The molecule has 2 aromatic carbocycles. The standard InChI is InChI=1S/C17H17ClN3/c1-14-6-2-3-7-15(14)10-20-12-19-21(13-20)11-16-8-4-5-9-17(16)18/h2-9,12-13H,10-11H2,1H3/q+1. The lowest BCUT2D eigenvalue weighted by Crippen LogP contribution is -2.32. The third-order valence-electron chi connectivity index (χ3n) is 3.53. The lowest BCUT2D eigenvalue weighted by molar-refractivity contribution is -0.689. The Balaban J connectivity index is 1.75. The van der Waals surface area contributed by atoms with Crippen LogP contribution in [0.15, 0.2) is 61.2 Å². The van der Waals surface area contributed by atoms with E-state index in [1.165, 1.54) is 11.1 Å². The second kappa shape index (κ2) is 6.10. The van der Waals surface area contributed by atoms with Gasteiger partial charge in [0.25, 0.3) is 6.33 Å². The van der Waals surface area contributed by atoms with E-state index in [0.717, 1.165) is 17.1 Å². The second-order valence-corrected chi connectivity index (χ2v) is 5.54. The highest BCUT2D eigenvalue weighted by atomic mass is 35.5. The molecule has 106 valence electrons. The molecule has 0 N–H and O–H groups in total. The summed E-state index contributed by atoms with van der Waals surface area (Å²) in [5.41, 5.74) is 3.67. The van der Waals surface area contributed by atoms with Crippen LogP contribution in [0.4, 0.5) is 0 Å². The van der Waals surface area contributed by atoms with E-state index in [2.05, 4.69) is 40.9 Å². The molecule has 0 amide bonds. The average molecular weight is 299 g/mol. The van der Waals surface area contributed by atoms with Gasteiger partial charge < -0.3 is 0 Å². The molecule has 0 saturated carbocycles. The highest BCUT2D eigenvalue weighted by Crippen LogP contribution is 2.15. The molecular formula is C17H17ClN3+. The first-order valence-corrected chi connectivity index (χ1v) is 7.29. The number of nitrogens with zero attached hydrogens (tertiary/aromatic N) is 3. The van der Waals surface area contributed by atoms with Gasteiger partial charge in [0.1, 0.15) is 6.54 Å². The van der Waals surface area contributed by atoms with Gasteiger partial charge in [-0.15, -0.1) is 4.68 Å². The number of aryl methyl sites for hydroxylation is 1. The highest BCUT2D eigenvalue weighted by Gasteiger charge is 2.09. The quantitative estimate of drug-likeness (QED) is 0.678. The van der Waals surface area contributed by atoms with Crippen LogP contribution in [-0.2, 0) is 13.1 Å². The smallest absolute Gasteiger partial charge is 0.233 e. The van der Waals surface area contributed by atoms with Crippen molar-refractivity contribution in [3.05, 3.63) is 82.9 Å². The normalized spacial score (nSPS) is 10.8. The molecule has 1 heterocycles. The molecule has 0 radical (unpaired) electrons. The van der Waals surface area contributed by atoms with Crippen LogP contribution >= 0.6 is 11.6 Å². The van der Waals surface area contributed by atoms with E-state index in [4.69, 9.17) is 11.6 Å². The number of halogens is 1. The second-order valence-electron chi connectivity index (χ2n) is 5.13. The van der Waals surface area contributed by atoms with E-state index in [9.17, 15) is 0 Å². The predicted octanol–water partition coefficient (Wildman–Crippen LogP) is 3.23. The minimum absolute atomic E-state index is 0.681. The van der Waals surface area contributed by atoms with E-state index >= 15 is 0 Å². The van der Waals surface area contributed by atoms with Crippen molar-refractivity contribution in [3.8, 4) is 0 Å². The van der Waals surface area contributed by atoms with E-state index in [1.54, 1.807) is 0 Å². The maximum atomic E-state index is 6.18. The number of hydrogen-bond acceptors (Lipinski definition) is 1. The van der Waals surface area contributed by atoms with E-state index in [1.807, 2.05) is 41.6 Å². The summed E-state index contributed by atoms with van der Waals surface area (Å²) in [5.74, 6) is 0. The van der Waals surface area contributed by atoms with Gasteiger partial charge in [-0.3, -0.25) is 0 Å². The van der Waals surface area contributed by atoms with Gasteiger partial charge in [0.2, 0.25) is 6.33 Å². The summed E-state index contributed by atoms with van der Waals surface area (Å²) >= 11 is 6.18. The molecule has 0 unspecified atom stereocenters. The van der Waals surface area contributed by atoms with Gasteiger partial charge in [-0.2, -0.15) is 0 Å². The van der Waals surface area contributed by atoms with Crippen molar-refractivity contribution in [1.29, 1.82) is 0 Å². The Morgan fingerprint density at radius 1 is 1.05 bits per heavy atom. The largest absolute Gasteiger partial charge is 0.265 e. The Bertz CT molecular complexity index is 687. The van der Waals surface area contributed by atoms with Crippen LogP contribution < -0.4 is 4.57 Å². The van der Waals surface area contributed by atoms with Crippen molar-refractivity contribution in [2.75, 3.05) is 0 Å². The molecule has 4 heteroatoms. The van der Waals surface area contributed by atoms with Gasteiger partial charge in [0, 0.05) is 15.7 Å². The summed E-state index contributed by atoms with van der Waals surface area (Å²) in [6, 6.07) is 16.3. The zero-order valence-corrected chi connectivity index (χ0v) is 12.7. The minimum atomic E-state index is 0.681. The van der Waals surface area contributed by atoms with Crippen LogP contribution in [-0.4, -0.2) is 9.78 Å². The molecule has 0 aliphatic rings. The molecule has 3 nitrogen and oxygen atoms in total. The molecule has 0 saturated heterocycles. The van der Waals surface area contributed by atoms with Gasteiger partial charge in [-0.1, -0.05) is 54.1 Å². The summed E-state index contributed by atoms with van der Waals surface area (Å²) in [4.78, 5) is 0. The number of hydrogen-bond donors (Lipinski definition) is 0. The van der Waals surface area contributed by atoms with Crippen LogP contribution in [0.1, 0.15) is 16.7 Å². The van der Waals surface area contributed by atoms with Crippen molar-refractivity contribution in [2.45, 2.75) is 20.0 Å². The zero-order valence-electron chi connectivity index (χ0n) is 11.9. The number of benzene rings is 2. The lowest BCUT2D eigenvalue weighted by Gasteiger charge is -2.02. The number of rotatable bonds is 4. The topological polar surface area (TPSA) is 21.7 Å². The van der Waals surface area contributed by atoms with Crippen molar-refractivity contribution >= 4 is 11.6 Å². The van der Waals surface area contributed by atoms with Crippen molar-refractivity contribution < 1.29 is 4.57 Å². The van der Waals surface area contributed by atoms with E-state index < -0.39 is 0 Å². The van der Waals surface area contributed by atoms with Gasteiger partial charge in [-0.05, 0) is 24.1 Å². The van der Waals surface area contributed by atoms with Crippen LogP contribution in [0, 0.1) is 6.92 Å². The third kappa shape index (κ3) is 3.31. The average Bonchev–Trinajstić information content (AvgIpc) is 2.91. The first-order valence-electron chi connectivity index (χ1n) is 6.92. The van der Waals surface area contributed by atoms with Gasteiger partial charge in [-0.25, -0.2) is 4.57 Å². The predicted molar refractivity (Wildman–Crippen MR) is 83.3 cm³/mol. The number of aromatic nitrogens is 3. The molecule has 3 rings (SSSR count). The van der Waals surface area contributed by atoms with Crippen LogP contribution in [0.3, 0.4) is 0 Å². The lowest BCUT2D eigenvalue weighted by atomic mass is 10.1. The maximum Gasteiger partial charge on any atom is 0.265 e. The molecule has 3 aromatic rings. The summed E-state index contributed by atoms with van der Waals surface area (Å²) in [7, 11) is 0. The summed E-state index contributed by atoms with van der Waals surface area (Å²) in [6.07, 6.45) is 3.86. The first kappa shape index (κ1) is 13.8. The zero-order chi connectivity index (χ0) is 14.7. The van der Waals surface area contributed by atoms with Crippen LogP contribution in [0.25, 0.3) is 0 Å². The van der Waals surface area contributed by atoms with Crippen LogP contribution in [0.2, 0.25) is 5.02 Å². The highest BCUT2D eigenvalue weighted by molar-refractivity contribution is 6.31. The molecule has 0 bridgehead atoms. The summed E-state index contributed by atoms with van der Waals surface area (Å²) in [6.45, 7) is 3.64. The van der Waals surface area contributed by atoms with Crippen LogP contribution in [0.5, 0.6) is 0 Å². The fraction of sp³-hybridized carbons (Fsp3) is 0.176. The monoisotopic (exact) mass is 298 g/mol. The molecule has 0 aliphatic heterocycles. The van der Waals surface area contributed by atoms with E-state index in [-0.39, 0.29) is 0 Å². The third-order valence-corrected chi connectivity index (χ3v) is 3.90. The Labute approximate surface area is 129 Å². The minimum Gasteiger partial charge on any atom is -0.233 e. The van der Waals surface area contributed by atoms with Crippen molar-refractivity contribution in [1.82, 2.24) is 9.78 Å². The fourth-order valence-corrected chi connectivity index (χ4v) is 2.51. The SMILES string of the molecule is Cc1ccccc1C[n+]1cnn(Cc2ccccc2Cl)c1. The van der Waals surface area contributed by atoms with Crippen molar-refractivity contribution in [3.63, 3.8) is 0 Å². The Morgan fingerprint density at radius 2 is 1.76 bits per heavy atom. The summed E-state index contributed by atoms with van der Waals surface area (Å²) in [5, 5.41) is 5.18. The molecule has 0 aliphatic carbocycles. The molecule has 0 spiro atoms. The Kier molecular flexibility index (Phi) is 4.02. The first-order chi connectivity index (χ1) is 10.2. The molecule has 0 fully saturated rings. The molecule has 1 aromatic heterocycles. The Morgan fingerprint density at radius 3 is 2.52 bits per heavy atom. The van der Waals surface area contributed by atoms with Gasteiger partial charge in [0.05, 0.1) is 6.54 Å². The molecular weight excluding hydrogens is 282 g/mol.